The Morgan fingerprint density at radius 1 is 1.19 bits per heavy atom. The van der Waals surface area contributed by atoms with Crippen LogP contribution in [0.3, 0.4) is 0 Å². The maximum atomic E-state index is 12.7. The minimum Gasteiger partial charge on any atom is -0.494 e. The van der Waals surface area contributed by atoms with E-state index in [4.69, 9.17) is 4.74 Å². The van der Waals surface area contributed by atoms with E-state index in [-0.39, 0.29) is 17.1 Å². The maximum Gasteiger partial charge on any atom is 0.287 e. The summed E-state index contributed by atoms with van der Waals surface area (Å²) in [6, 6.07) is 14.7. The SMILES string of the molecule is CCOc1ccc(C(=O)CSc2nccn(-c3cccc(C)c3)c2=O)cc1. The molecule has 1 aromatic heterocycles. The van der Waals surface area contributed by atoms with Crippen LogP contribution in [0.25, 0.3) is 5.69 Å². The highest BCUT2D eigenvalue weighted by Gasteiger charge is 2.12. The van der Waals surface area contributed by atoms with E-state index in [9.17, 15) is 9.59 Å². The molecule has 0 fully saturated rings. The standard InChI is InChI=1S/C21H20N2O3S/c1-3-26-18-9-7-16(8-10-18)19(24)14-27-20-21(25)23(12-11-22-20)17-6-4-5-15(2)13-17/h4-13H,3,14H2,1-2H3. The molecule has 0 saturated heterocycles. The summed E-state index contributed by atoms with van der Waals surface area (Å²) in [5.74, 6) is 0.816. The van der Waals surface area contributed by atoms with Crippen molar-refractivity contribution in [3.8, 4) is 11.4 Å². The molecule has 0 saturated carbocycles. The van der Waals surface area contributed by atoms with Gasteiger partial charge >= 0.3 is 0 Å². The molecule has 5 nitrogen and oxygen atoms in total. The second-order valence-electron chi connectivity index (χ2n) is 5.92. The lowest BCUT2D eigenvalue weighted by atomic mass is 10.1. The predicted octanol–water partition coefficient (Wildman–Crippen LogP) is 3.91. The first-order chi connectivity index (χ1) is 13.1. The molecular weight excluding hydrogens is 360 g/mol. The molecule has 0 bridgehead atoms. The number of nitrogens with zero attached hydrogens (tertiary/aromatic N) is 2. The summed E-state index contributed by atoms with van der Waals surface area (Å²) >= 11 is 1.15. The Hall–Kier alpha value is -2.86. The average molecular weight is 380 g/mol. The molecule has 138 valence electrons. The fourth-order valence-corrected chi connectivity index (χ4v) is 3.39. The predicted molar refractivity (Wildman–Crippen MR) is 107 cm³/mol. The number of benzene rings is 2. The first-order valence-corrected chi connectivity index (χ1v) is 9.60. The number of ketones is 1. The van der Waals surface area contributed by atoms with Crippen molar-refractivity contribution in [2.75, 3.05) is 12.4 Å². The Labute approximate surface area is 162 Å². The van der Waals surface area contributed by atoms with Crippen LogP contribution in [0.5, 0.6) is 5.75 Å². The van der Waals surface area contributed by atoms with E-state index >= 15 is 0 Å². The highest BCUT2D eigenvalue weighted by Crippen LogP contribution is 2.17. The van der Waals surface area contributed by atoms with Gasteiger partial charge in [-0.2, -0.15) is 0 Å². The van der Waals surface area contributed by atoms with Crippen LogP contribution in [0.4, 0.5) is 0 Å². The van der Waals surface area contributed by atoms with E-state index in [2.05, 4.69) is 4.98 Å². The summed E-state index contributed by atoms with van der Waals surface area (Å²) in [4.78, 5) is 29.2. The number of aromatic nitrogens is 2. The zero-order valence-corrected chi connectivity index (χ0v) is 16.0. The van der Waals surface area contributed by atoms with Gasteiger partial charge in [0.1, 0.15) is 5.75 Å². The van der Waals surface area contributed by atoms with Gasteiger partial charge in [0.15, 0.2) is 10.8 Å². The molecule has 0 radical (unpaired) electrons. The fraction of sp³-hybridized carbons (Fsp3) is 0.190. The zero-order chi connectivity index (χ0) is 19.2. The molecule has 0 aliphatic carbocycles. The van der Waals surface area contributed by atoms with Crippen LogP contribution in [-0.4, -0.2) is 27.7 Å². The molecule has 27 heavy (non-hydrogen) atoms. The summed E-state index contributed by atoms with van der Waals surface area (Å²) in [5.41, 5.74) is 2.20. The molecule has 3 rings (SSSR count). The molecule has 0 aliphatic rings. The Balaban J connectivity index is 1.73. The van der Waals surface area contributed by atoms with Gasteiger partial charge in [0.2, 0.25) is 0 Å². The summed E-state index contributed by atoms with van der Waals surface area (Å²) in [6.45, 7) is 4.46. The number of carbonyl (C=O) groups is 1. The van der Waals surface area contributed by atoms with Crippen molar-refractivity contribution >= 4 is 17.5 Å². The molecule has 6 heteroatoms. The smallest absolute Gasteiger partial charge is 0.287 e. The number of ether oxygens (including phenoxy) is 1. The quantitative estimate of drug-likeness (QED) is 0.459. The first kappa shape index (κ1) is 18.9. The van der Waals surface area contributed by atoms with E-state index in [0.29, 0.717) is 17.2 Å². The lowest BCUT2D eigenvalue weighted by molar-refractivity contribution is 0.102. The lowest BCUT2D eigenvalue weighted by Gasteiger charge is -2.08. The van der Waals surface area contributed by atoms with Crippen LogP contribution in [0.2, 0.25) is 0 Å². The van der Waals surface area contributed by atoms with Crippen molar-refractivity contribution < 1.29 is 9.53 Å². The van der Waals surface area contributed by atoms with Gasteiger partial charge in [0.25, 0.3) is 5.56 Å². The number of hydrogen-bond acceptors (Lipinski definition) is 5. The number of aryl methyl sites for hydroxylation is 1. The maximum absolute atomic E-state index is 12.7. The van der Waals surface area contributed by atoms with E-state index in [1.165, 1.54) is 0 Å². The largest absolute Gasteiger partial charge is 0.494 e. The Morgan fingerprint density at radius 2 is 1.96 bits per heavy atom. The van der Waals surface area contributed by atoms with Crippen molar-refractivity contribution in [2.45, 2.75) is 18.9 Å². The van der Waals surface area contributed by atoms with Crippen molar-refractivity contribution in [1.82, 2.24) is 9.55 Å². The van der Waals surface area contributed by atoms with Gasteiger partial charge in [0, 0.05) is 23.6 Å². The molecule has 3 aromatic rings. The van der Waals surface area contributed by atoms with E-state index in [1.54, 1.807) is 41.2 Å². The van der Waals surface area contributed by atoms with Crippen molar-refractivity contribution in [3.05, 3.63) is 82.4 Å². The van der Waals surface area contributed by atoms with Crippen LogP contribution in [0.1, 0.15) is 22.8 Å². The molecule has 1 heterocycles. The molecule has 0 aliphatic heterocycles. The normalized spacial score (nSPS) is 10.6. The molecule has 0 unspecified atom stereocenters. The number of carbonyl (C=O) groups excluding carboxylic acids is 1. The van der Waals surface area contributed by atoms with E-state index in [1.807, 2.05) is 38.1 Å². The van der Waals surface area contributed by atoms with E-state index < -0.39 is 0 Å². The summed E-state index contributed by atoms with van der Waals surface area (Å²) in [7, 11) is 0. The Bertz CT molecular complexity index is 997. The fourth-order valence-electron chi connectivity index (χ4n) is 2.59. The highest BCUT2D eigenvalue weighted by atomic mass is 32.2. The minimum absolute atomic E-state index is 0.0600. The lowest BCUT2D eigenvalue weighted by Crippen LogP contribution is -2.21. The summed E-state index contributed by atoms with van der Waals surface area (Å²) < 4.78 is 6.92. The van der Waals surface area contributed by atoms with Crippen molar-refractivity contribution in [1.29, 1.82) is 0 Å². The Kier molecular flexibility index (Phi) is 6.08. The van der Waals surface area contributed by atoms with Crippen LogP contribution in [0, 0.1) is 6.92 Å². The van der Waals surface area contributed by atoms with Crippen LogP contribution >= 0.6 is 11.8 Å². The van der Waals surface area contributed by atoms with Gasteiger partial charge in [-0.25, -0.2) is 4.98 Å². The van der Waals surface area contributed by atoms with Gasteiger partial charge in [-0.05, 0) is 55.8 Å². The minimum atomic E-state index is -0.229. The second-order valence-corrected chi connectivity index (χ2v) is 6.88. The number of thioether (sulfide) groups is 1. The average Bonchev–Trinajstić information content (AvgIpc) is 2.68. The third-order valence-electron chi connectivity index (χ3n) is 3.92. The monoisotopic (exact) mass is 380 g/mol. The van der Waals surface area contributed by atoms with Crippen molar-refractivity contribution in [2.24, 2.45) is 0 Å². The summed E-state index contributed by atoms with van der Waals surface area (Å²) in [6.07, 6.45) is 3.21. The third kappa shape index (κ3) is 4.65. The highest BCUT2D eigenvalue weighted by molar-refractivity contribution is 7.99. The molecule has 0 amide bonds. The number of Topliss-reactive ketones (excluding diaryl/α,β-unsaturated/α-hetero) is 1. The molecule has 2 aromatic carbocycles. The van der Waals surface area contributed by atoms with Gasteiger partial charge in [-0.1, -0.05) is 23.9 Å². The van der Waals surface area contributed by atoms with Crippen LogP contribution < -0.4 is 10.3 Å². The molecular formula is C21H20N2O3S. The third-order valence-corrected chi connectivity index (χ3v) is 4.88. The number of hydrogen-bond donors (Lipinski definition) is 0. The van der Waals surface area contributed by atoms with Gasteiger partial charge < -0.3 is 4.74 Å². The van der Waals surface area contributed by atoms with E-state index in [0.717, 1.165) is 28.8 Å². The van der Waals surface area contributed by atoms with Gasteiger partial charge in [0.05, 0.1) is 12.4 Å². The summed E-state index contributed by atoms with van der Waals surface area (Å²) in [5, 5.41) is 0.304. The van der Waals surface area contributed by atoms with Crippen LogP contribution in [0.15, 0.2) is 70.7 Å². The molecule has 0 N–H and O–H groups in total. The zero-order valence-electron chi connectivity index (χ0n) is 15.2. The number of rotatable bonds is 7. The second kappa shape index (κ2) is 8.68. The Morgan fingerprint density at radius 3 is 2.67 bits per heavy atom. The van der Waals surface area contributed by atoms with Gasteiger partial charge in [-0.15, -0.1) is 0 Å². The van der Waals surface area contributed by atoms with Crippen LogP contribution in [-0.2, 0) is 0 Å². The molecule has 0 atom stereocenters. The first-order valence-electron chi connectivity index (χ1n) is 8.62. The topological polar surface area (TPSA) is 61.2 Å². The van der Waals surface area contributed by atoms with Gasteiger partial charge in [-0.3, -0.25) is 14.2 Å². The van der Waals surface area contributed by atoms with Crippen molar-refractivity contribution in [3.63, 3.8) is 0 Å². The molecule has 0 spiro atoms.